The SMILES string of the molecule is C=C/C(C)=C(/N)C(=C)N(C)C. The van der Waals surface area contributed by atoms with Crippen molar-refractivity contribution in [2.75, 3.05) is 14.1 Å². The maximum absolute atomic E-state index is 5.74. The van der Waals surface area contributed by atoms with E-state index in [0.29, 0.717) is 5.70 Å². The second-order valence-electron chi connectivity index (χ2n) is 2.64. The summed E-state index contributed by atoms with van der Waals surface area (Å²) in [6, 6.07) is 0. The topological polar surface area (TPSA) is 29.3 Å². The van der Waals surface area contributed by atoms with E-state index in [9.17, 15) is 0 Å². The van der Waals surface area contributed by atoms with Gasteiger partial charge in [0.05, 0.1) is 11.4 Å². The van der Waals surface area contributed by atoms with E-state index in [4.69, 9.17) is 5.73 Å². The fourth-order valence-electron chi connectivity index (χ4n) is 0.578. The van der Waals surface area contributed by atoms with Crippen LogP contribution in [0.5, 0.6) is 0 Å². The molecule has 2 heteroatoms. The molecule has 0 bridgehead atoms. The number of allylic oxidation sites excluding steroid dienone is 2. The molecule has 0 aromatic carbocycles. The fraction of sp³-hybridized carbons (Fsp3) is 0.333. The van der Waals surface area contributed by atoms with Crippen LogP contribution in [0.25, 0.3) is 0 Å². The molecule has 0 aliphatic carbocycles. The molecule has 11 heavy (non-hydrogen) atoms. The van der Waals surface area contributed by atoms with Gasteiger partial charge in [0.1, 0.15) is 0 Å². The van der Waals surface area contributed by atoms with Gasteiger partial charge in [-0.2, -0.15) is 0 Å². The summed E-state index contributed by atoms with van der Waals surface area (Å²) in [6.07, 6.45) is 1.73. The Balaban J connectivity index is 4.60. The molecule has 0 spiro atoms. The van der Waals surface area contributed by atoms with Gasteiger partial charge in [-0.25, -0.2) is 0 Å². The standard InChI is InChI=1S/C9H16N2/c1-6-7(2)9(10)8(3)11(4)5/h6H,1,3,10H2,2,4-5H3/b9-7+. The smallest absolute Gasteiger partial charge is 0.0575 e. The molecule has 62 valence electrons. The van der Waals surface area contributed by atoms with Crippen LogP contribution in [0, 0.1) is 0 Å². The molecule has 0 saturated carbocycles. The first kappa shape index (κ1) is 9.82. The summed E-state index contributed by atoms with van der Waals surface area (Å²) >= 11 is 0. The molecule has 0 heterocycles. The molecule has 2 nitrogen and oxygen atoms in total. The van der Waals surface area contributed by atoms with Crippen molar-refractivity contribution in [2.45, 2.75) is 6.92 Å². The summed E-state index contributed by atoms with van der Waals surface area (Å²) in [4.78, 5) is 1.88. The Morgan fingerprint density at radius 3 is 2.18 bits per heavy atom. The molecule has 0 fully saturated rings. The first-order chi connectivity index (χ1) is 5.00. The van der Waals surface area contributed by atoms with Crippen molar-refractivity contribution in [2.24, 2.45) is 5.73 Å². The molecule has 0 aromatic rings. The largest absolute Gasteiger partial charge is 0.397 e. The average molecular weight is 152 g/mol. The highest BCUT2D eigenvalue weighted by atomic mass is 15.1. The van der Waals surface area contributed by atoms with Gasteiger partial charge in [0.15, 0.2) is 0 Å². The molecule has 0 unspecified atom stereocenters. The van der Waals surface area contributed by atoms with Crippen molar-refractivity contribution in [1.29, 1.82) is 0 Å². The average Bonchev–Trinajstić information content (AvgIpc) is 2.00. The Morgan fingerprint density at radius 2 is 1.91 bits per heavy atom. The van der Waals surface area contributed by atoms with E-state index >= 15 is 0 Å². The van der Waals surface area contributed by atoms with E-state index in [2.05, 4.69) is 13.2 Å². The summed E-state index contributed by atoms with van der Waals surface area (Å²) in [6.45, 7) is 9.36. The van der Waals surface area contributed by atoms with E-state index in [-0.39, 0.29) is 0 Å². The molecule has 0 radical (unpaired) electrons. The zero-order chi connectivity index (χ0) is 9.02. The van der Waals surface area contributed by atoms with Gasteiger partial charge >= 0.3 is 0 Å². The Kier molecular flexibility index (Phi) is 3.45. The van der Waals surface area contributed by atoms with Gasteiger partial charge in [-0.05, 0) is 12.5 Å². The molecule has 0 aromatic heterocycles. The van der Waals surface area contributed by atoms with Gasteiger partial charge in [0, 0.05) is 14.1 Å². The maximum Gasteiger partial charge on any atom is 0.0575 e. The highest BCUT2D eigenvalue weighted by Crippen LogP contribution is 2.09. The number of hydrogen-bond donors (Lipinski definition) is 1. The summed E-state index contributed by atoms with van der Waals surface area (Å²) < 4.78 is 0. The predicted octanol–water partition coefficient (Wildman–Crippen LogP) is 1.48. The fourth-order valence-corrected chi connectivity index (χ4v) is 0.578. The highest BCUT2D eigenvalue weighted by molar-refractivity contribution is 5.33. The van der Waals surface area contributed by atoms with Crippen LogP contribution in [0.4, 0.5) is 0 Å². The van der Waals surface area contributed by atoms with Gasteiger partial charge in [-0.1, -0.05) is 19.2 Å². The lowest BCUT2D eigenvalue weighted by atomic mass is 10.2. The van der Waals surface area contributed by atoms with Crippen LogP contribution >= 0.6 is 0 Å². The number of rotatable bonds is 3. The van der Waals surface area contributed by atoms with Crippen LogP contribution in [-0.4, -0.2) is 19.0 Å². The van der Waals surface area contributed by atoms with Gasteiger partial charge < -0.3 is 10.6 Å². The van der Waals surface area contributed by atoms with Crippen LogP contribution in [-0.2, 0) is 0 Å². The summed E-state index contributed by atoms with van der Waals surface area (Å²) in [7, 11) is 3.82. The molecule has 2 N–H and O–H groups in total. The minimum Gasteiger partial charge on any atom is -0.397 e. The third-order valence-corrected chi connectivity index (χ3v) is 1.58. The molecule has 0 saturated heterocycles. The summed E-state index contributed by atoms with van der Waals surface area (Å²) in [5, 5.41) is 0. The van der Waals surface area contributed by atoms with E-state index in [1.807, 2.05) is 25.9 Å². The number of nitrogens with zero attached hydrogens (tertiary/aromatic N) is 1. The minimum absolute atomic E-state index is 0.699. The van der Waals surface area contributed by atoms with E-state index < -0.39 is 0 Å². The van der Waals surface area contributed by atoms with Crippen molar-refractivity contribution in [3.8, 4) is 0 Å². The second kappa shape index (κ2) is 3.86. The van der Waals surface area contributed by atoms with Crippen LogP contribution in [0.1, 0.15) is 6.92 Å². The zero-order valence-electron chi connectivity index (χ0n) is 7.52. The zero-order valence-corrected chi connectivity index (χ0v) is 7.52. The third-order valence-electron chi connectivity index (χ3n) is 1.58. The number of hydrogen-bond acceptors (Lipinski definition) is 2. The van der Waals surface area contributed by atoms with Gasteiger partial charge in [-0.15, -0.1) is 0 Å². The Morgan fingerprint density at radius 1 is 1.45 bits per heavy atom. The maximum atomic E-state index is 5.74. The van der Waals surface area contributed by atoms with Crippen LogP contribution < -0.4 is 5.73 Å². The molecule has 0 rings (SSSR count). The van der Waals surface area contributed by atoms with Gasteiger partial charge in [0.2, 0.25) is 0 Å². The Labute approximate surface area is 68.7 Å². The quantitative estimate of drug-likeness (QED) is 0.621. The second-order valence-corrected chi connectivity index (χ2v) is 2.64. The van der Waals surface area contributed by atoms with E-state index in [1.165, 1.54) is 0 Å². The lowest BCUT2D eigenvalue weighted by Gasteiger charge is -2.16. The lowest BCUT2D eigenvalue weighted by molar-refractivity contribution is 0.521. The normalized spacial score (nSPS) is 11.9. The van der Waals surface area contributed by atoms with Crippen molar-refractivity contribution >= 4 is 0 Å². The van der Waals surface area contributed by atoms with E-state index in [0.717, 1.165) is 11.3 Å². The molecule has 0 atom stereocenters. The third kappa shape index (κ3) is 2.50. The van der Waals surface area contributed by atoms with Crippen molar-refractivity contribution in [1.82, 2.24) is 4.90 Å². The first-order valence-corrected chi connectivity index (χ1v) is 3.46. The van der Waals surface area contributed by atoms with Crippen molar-refractivity contribution < 1.29 is 0 Å². The monoisotopic (exact) mass is 152 g/mol. The predicted molar refractivity (Wildman–Crippen MR) is 49.9 cm³/mol. The first-order valence-electron chi connectivity index (χ1n) is 3.46. The molecular formula is C9H16N2. The van der Waals surface area contributed by atoms with Gasteiger partial charge in [0.25, 0.3) is 0 Å². The van der Waals surface area contributed by atoms with Crippen LogP contribution in [0.3, 0.4) is 0 Å². The molecular weight excluding hydrogens is 136 g/mol. The lowest BCUT2D eigenvalue weighted by Crippen LogP contribution is -2.17. The number of nitrogens with two attached hydrogens (primary N) is 1. The minimum atomic E-state index is 0.699. The van der Waals surface area contributed by atoms with E-state index in [1.54, 1.807) is 6.08 Å². The number of likely N-dealkylation sites (N-methyl/N-ethyl adjacent to an activating group) is 1. The molecule has 0 aliphatic rings. The Hall–Kier alpha value is -1.18. The molecule has 0 aliphatic heterocycles. The summed E-state index contributed by atoms with van der Waals surface area (Å²) in [5.74, 6) is 0. The van der Waals surface area contributed by atoms with Crippen LogP contribution in [0.15, 0.2) is 36.2 Å². The van der Waals surface area contributed by atoms with Crippen molar-refractivity contribution in [3.63, 3.8) is 0 Å². The van der Waals surface area contributed by atoms with Gasteiger partial charge in [-0.3, -0.25) is 0 Å². The summed E-state index contributed by atoms with van der Waals surface area (Å²) in [5.41, 5.74) is 8.22. The molecule has 0 amide bonds. The Bertz CT molecular complexity index is 200. The van der Waals surface area contributed by atoms with Crippen LogP contribution in [0.2, 0.25) is 0 Å². The highest BCUT2D eigenvalue weighted by Gasteiger charge is 2.01. The van der Waals surface area contributed by atoms with Crippen molar-refractivity contribution in [3.05, 3.63) is 36.2 Å².